The van der Waals surface area contributed by atoms with Gasteiger partial charge in [-0.25, -0.2) is 15.2 Å². The highest BCUT2D eigenvalue weighted by atomic mass is 31.2. The summed E-state index contributed by atoms with van der Waals surface area (Å²) in [5, 5.41) is 5.74. The summed E-state index contributed by atoms with van der Waals surface area (Å²) in [6.45, 7) is 11.5. The predicted octanol–water partition coefficient (Wildman–Crippen LogP) is 1.78. The van der Waals surface area contributed by atoms with Crippen molar-refractivity contribution >= 4 is 36.5 Å². The monoisotopic (exact) mass is 527 g/mol. The van der Waals surface area contributed by atoms with Crippen LogP contribution in [-0.4, -0.2) is 62.9 Å². The molecule has 0 saturated heterocycles. The van der Waals surface area contributed by atoms with E-state index in [1.165, 1.54) is 0 Å². The number of anilines is 1. The number of esters is 2. The van der Waals surface area contributed by atoms with Gasteiger partial charge in [0, 0.05) is 12.7 Å². The van der Waals surface area contributed by atoms with Crippen LogP contribution in [0.4, 0.5) is 5.95 Å². The number of nitrogens with zero attached hydrogens (tertiary/aromatic N) is 3. The second kappa shape index (κ2) is 12.5. The van der Waals surface area contributed by atoms with Gasteiger partial charge in [-0.15, -0.1) is 0 Å². The Hall–Kier alpha value is -2.76. The number of aromatic nitrogens is 4. The van der Waals surface area contributed by atoms with Crippen LogP contribution < -0.4 is 21.5 Å². The zero-order valence-corrected chi connectivity index (χ0v) is 22.7. The Kier molecular flexibility index (Phi) is 10.2. The summed E-state index contributed by atoms with van der Waals surface area (Å²) in [7, 11) is -3.41. The zero-order valence-electron chi connectivity index (χ0n) is 21.8. The van der Waals surface area contributed by atoms with E-state index in [1.54, 1.807) is 38.6 Å². The number of aryl methyl sites for hydroxylation is 1. The molecule has 2 heterocycles. The van der Waals surface area contributed by atoms with E-state index >= 15 is 0 Å². The van der Waals surface area contributed by atoms with Crippen molar-refractivity contribution in [1.29, 1.82) is 0 Å². The van der Waals surface area contributed by atoms with Crippen molar-refractivity contribution in [3.63, 3.8) is 0 Å². The number of nitrogen functional groups attached to an aromatic ring is 1. The first-order valence-electron chi connectivity index (χ1n) is 12.0. The van der Waals surface area contributed by atoms with E-state index in [0.717, 1.165) is 0 Å². The molecule has 0 fully saturated rings. The number of fused-ring (bicyclic) bond motifs is 1. The highest BCUT2D eigenvalue weighted by Crippen LogP contribution is 2.42. The van der Waals surface area contributed by atoms with Crippen LogP contribution in [0.15, 0.2) is 11.1 Å². The Morgan fingerprint density at radius 2 is 1.69 bits per heavy atom. The number of ether oxygens (including phenoxy) is 2. The second-order valence-corrected chi connectivity index (χ2v) is 11.8. The standard InChI is InChI=1S/C22H38N7O6P/c1-7-34-19(31)14(3)27-36(33,28-15(4)20(32)35-8-2)12-10-22(5,6)9-11-29-13-24-16-17(29)25-21(23)26-18(16)30/h13-15H,7-12H2,1-6H3,(H2,27,28,33)(H3,23,25,26,30)/t14-,15?,36?/m0/s1. The lowest BCUT2D eigenvalue weighted by molar-refractivity contribution is -0.145. The number of hydrogen-bond donors (Lipinski definition) is 4. The van der Waals surface area contributed by atoms with E-state index in [2.05, 4.69) is 25.1 Å². The van der Waals surface area contributed by atoms with Crippen molar-refractivity contribution in [3.05, 3.63) is 16.7 Å². The Morgan fingerprint density at radius 3 is 2.22 bits per heavy atom. The van der Waals surface area contributed by atoms with Crippen LogP contribution >= 0.6 is 7.44 Å². The molecule has 3 atom stereocenters. The molecule has 0 aliphatic rings. The van der Waals surface area contributed by atoms with Gasteiger partial charge in [0.2, 0.25) is 13.4 Å². The summed E-state index contributed by atoms with van der Waals surface area (Å²) in [6, 6.07) is -1.68. The Balaban J connectivity index is 2.13. The first-order valence-corrected chi connectivity index (χ1v) is 13.9. The molecule has 0 saturated carbocycles. The van der Waals surface area contributed by atoms with Gasteiger partial charge >= 0.3 is 11.9 Å². The third kappa shape index (κ3) is 8.14. The van der Waals surface area contributed by atoms with Gasteiger partial charge in [0.05, 0.1) is 19.5 Å². The van der Waals surface area contributed by atoms with Gasteiger partial charge in [0.15, 0.2) is 11.2 Å². The molecule has 2 unspecified atom stereocenters. The van der Waals surface area contributed by atoms with Gasteiger partial charge in [0.1, 0.15) is 12.1 Å². The van der Waals surface area contributed by atoms with Gasteiger partial charge in [-0.3, -0.25) is 23.9 Å². The molecule has 36 heavy (non-hydrogen) atoms. The van der Waals surface area contributed by atoms with Crippen LogP contribution in [-0.2, 0) is 30.2 Å². The summed E-state index contributed by atoms with van der Waals surface area (Å²) < 4.78 is 25.7. The summed E-state index contributed by atoms with van der Waals surface area (Å²) >= 11 is 0. The van der Waals surface area contributed by atoms with E-state index in [1.807, 2.05) is 13.8 Å². The van der Waals surface area contributed by atoms with Crippen molar-refractivity contribution < 1.29 is 23.6 Å². The van der Waals surface area contributed by atoms with Crippen molar-refractivity contribution in [3.8, 4) is 0 Å². The smallest absolute Gasteiger partial charge is 0.323 e. The first-order chi connectivity index (χ1) is 16.8. The van der Waals surface area contributed by atoms with Gasteiger partial charge in [-0.1, -0.05) is 13.8 Å². The minimum atomic E-state index is -3.41. The Bertz CT molecular complexity index is 1130. The number of aromatic amines is 1. The van der Waals surface area contributed by atoms with Gasteiger partial charge in [0.25, 0.3) is 5.56 Å². The zero-order chi connectivity index (χ0) is 27.1. The highest BCUT2D eigenvalue weighted by molar-refractivity contribution is 7.59. The van der Waals surface area contributed by atoms with E-state index in [9.17, 15) is 18.9 Å². The molecule has 2 rings (SSSR count). The number of H-pyrrole nitrogens is 1. The fraction of sp³-hybridized carbons (Fsp3) is 0.682. The third-order valence-corrected chi connectivity index (χ3v) is 8.17. The summed E-state index contributed by atoms with van der Waals surface area (Å²) in [5.41, 5.74) is 5.57. The fourth-order valence-corrected chi connectivity index (χ4v) is 6.29. The minimum absolute atomic E-state index is 0.0121. The van der Waals surface area contributed by atoms with E-state index in [4.69, 9.17) is 15.2 Å². The number of carbonyl (C=O) groups is 2. The van der Waals surface area contributed by atoms with Gasteiger partial charge in [-0.05, 0) is 46.0 Å². The molecular formula is C22H38N7O6P. The Labute approximate surface area is 210 Å². The minimum Gasteiger partial charge on any atom is -0.465 e. The molecule has 0 aromatic carbocycles. The van der Waals surface area contributed by atoms with Crippen molar-refractivity contribution in [2.24, 2.45) is 5.41 Å². The molecular weight excluding hydrogens is 489 g/mol. The maximum atomic E-state index is 13.9. The lowest BCUT2D eigenvalue weighted by Crippen LogP contribution is -2.43. The summed E-state index contributed by atoms with van der Waals surface area (Å²) in [6.07, 6.45) is 2.85. The van der Waals surface area contributed by atoms with E-state index < -0.39 is 37.0 Å². The number of nitrogens with one attached hydrogen (secondary N) is 3. The lowest BCUT2D eigenvalue weighted by Gasteiger charge is -2.30. The molecule has 0 aliphatic carbocycles. The van der Waals surface area contributed by atoms with Crippen LogP contribution in [0.3, 0.4) is 0 Å². The average molecular weight is 528 g/mol. The van der Waals surface area contributed by atoms with Crippen LogP contribution in [0.5, 0.6) is 0 Å². The summed E-state index contributed by atoms with van der Waals surface area (Å²) in [4.78, 5) is 47.1. The molecule has 13 nitrogen and oxygen atoms in total. The van der Waals surface area contributed by atoms with Crippen molar-refractivity contribution in [2.75, 3.05) is 25.1 Å². The number of rotatable bonds is 14. The van der Waals surface area contributed by atoms with Crippen LogP contribution in [0.1, 0.15) is 54.4 Å². The maximum absolute atomic E-state index is 13.9. The van der Waals surface area contributed by atoms with Gasteiger partial charge in [-0.2, -0.15) is 4.98 Å². The SMILES string of the molecule is CCOC(=O)C(C)NP(=O)(CCC(C)(C)CCn1cnc2c(=O)[nH]c(N)nc21)N[C@@H](C)C(=O)OCC. The quantitative estimate of drug-likeness (QED) is 0.207. The molecule has 202 valence electrons. The molecule has 0 aliphatic heterocycles. The largest absolute Gasteiger partial charge is 0.465 e. The average Bonchev–Trinajstić information content (AvgIpc) is 3.20. The number of hydrogen-bond acceptors (Lipinski definition) is 9. The number of imidazole rings is 1. The second-order valence-electron chi connectivity index (χ2n) is 9.39. The number of carbonyl (C=O) groups excluding carboxylic acids is 2. The molecule has 2 aromatic rings. The van der Waals surface area contributed by atoms with Crippen LogP contribution in [0.2, 0.25) is 0 Å². The maximum Gasteiger partial charge on any atom is 0.323 e. The van der Waals surface area contributed by atoms with Crippen molar-refractivity contribution in [2.45, 2.75) is 73.0 Å². The molecule has 0 bridgehead atoms. The van der Waals surface area contributed by atoms with Gasteiger partial charge < -0.3 is 19.8 Å². The van der Waals surface area contributed by atoms with E-state index in [0.29, 0.717) is 25.0 Å². The molecule has 0 amide bonds. The third-order valence-electron chi connectivity index (χ3n) is 5.71. The van der Waals surface area contributed by atoms with Crippen LogP contribution in [0.25, 0.3) is 11.2 Å². The molecule has 5 N–H and O–H groups in total. The summed E-state index contributed by atoms with van der Waals surface area (Å²) in [5.74, 6) is -1.05. The number of nitrogens with two attached hydrogens (primary N) is 1. The molecule has 0 radical (unpaired) electrons. The normalized spacial score (nSPS) is 15.3. The lowest BCUT2D eigenvalue weighted by atomic mass is 9.86. The van der Waals surface area contributed by atoms with E-state index in [-0.39, 0.29) is 36.3 Å². The predicted molar refractivity (Wildman–Crippen MR) is 137 cm³/mol. The topological polar surface area (TPSA) is 183 Å². The first kappa shape index (κ1) is 29.5. The molecule has 2 aromatic heterocycles. The van der Waals surface area contributed by atoms with Crippen LogP contribution in [0, 0.1) is 5.41 Å². The van der Waals surface area contributed by atoms with Crippen molar-refractivity contribution in [1.82, 2.24) is 29.7 Å². The fourth-order valence-electron chi connectivity index (χ4n) is 3.57. The highest BCUT2D eigenvalue weighted by Gasteiger charge is 2.33. The molecule has 0 spiro atoms. The molecule has 14 heteroatoms. The Morgan fingerprint density at radius 1 is 1.14 bits per heavy atom.